The van der Waals surface area contributed by atoms with E-state index in [0.717, 1.165) is 78.2 Å². The Morgan fingerprint density at radius 1 is 0.534 bits per heavy atom. The van der Waals surface area contributed by atoms with Gasteiger partial charge in [0.05, 0.1) is 38.7 Å². The summed E-state index contributed by atoms with van der Waals surface area (Å²) in [4.78, 5) is 42.4. The van der Waals surface area contributed by atoms with Crippen molar-refractivity contribution in [3.8, 4) is 28.1 Å². The number of nitrogens with one attached hydrogen (secondary N) is 2. The molecule has 1 atom stereocenters. The fourth-order valence-corrected chi connectivity index (χ4v) is 7.78. The lowest BCUT2D eigenvalue weighted by molar-refractivity contribution is 0.220. The van der Waals surface area contributed by atoms with Crippen LogP contribution in [0.3, 0.4) is 0 Å². The molecule has 9 nitrogen and oxygen atoms in total. The number of phenols is 1. The molecule has 0 radical (unpaired) electrons. The average molecular weight is 758 g/mol. The van der Waals surface area contributed by atoms with Crippen molar-refractivity contribution in [2.75, 3.05) is 0 Å². The van der Waals surface area contributed by atoms with Crippen molar-refractivity contribution < 1.29 is 10.2 Å². The maximum absolute atomic E-state index is 11.8. The minimum absolute atomic E-state index is 0.0300. The molecule has 2 aliphatic carbocycles. The molecule has 0 fully saturated rings. The number of phenolic OH excluding ortho intramolecular Hbond substituents is 1. The maximum Gasteiger partial charge on any atom is 0.188 e. The summed E-state index contributed by atoms with van der Waals surface area (Å²) in [5.74, 6) is 0.333. The summed E-state index contributed by atoms with van der Waals surface area (Å²) in [7, 11) is 0. The third-order valence-electron chi connectivity index (χ3n) is 10.4. The fraction of sp³-hybridized carbons (Fsp3) is 0.0408. The van der Waals surface area contributed by atoms with Crippen LogP contribution in [0.2, 0.25) is 0 Å². The lowest BCUT2D eigenvalue weighted by atomic mass is 10.1. The van der Waals surface area contributed by atoms with Crippen molar-refractivity contribution in [2.45, 2.75) is 12.5 Å². The molecule has 280 valence electrons. The van der Waals surface area contributed by atoms with Crippen LogP contribution in [-0.4, -0.2) is 35.1 Å². The number of nitrogens with zero attached hydrogens (tertiary/aromatic N) is 3. The number of pyridine rings is 3. The van der Waals surface area contributed by atoms with E-state index in [1.54, 1.807) is 55.1 Å². The minimum Gasteiger partial charge on any atom is -0.507 e. The Morgan fingerprint density at radius 3 is 2.03 bits per heavy atom. The van der Waals surface area contributed by atoms with Crippen molar-refractivity contribution >= 4 is 43.5 Å². The molecule has 0 spiro atoms. The zero-order valence-electron chi connectivity index (χ0n) is 31.0. The standard InChI is InChI=1S/C13H9NO.C12H8N2O.2C12H9NO/c15-11-5-1-3-9-6-7-10-4-2-8-14-13(10)12(9)11;15-10-3-1-2-8-4-5-9-12(11(8)10)14-7-6-13-9;14-10-5-1-3-8-7-9-4-2-6-13-12(9)11(8)10;14-12-10-5-2-1-4-8(10)9-6-3-7-13-11(9)12/h1-8,14H;1-7,14H;1-6,14H,7H2;1-7,12,14H. The summed E-state index contributed by atoms with van der Waals surface area (Å²) in [5.41, 5.74) is 10.7. The van der Waals surface area contributed by atoms with Gasteiger partial charge in [-0.15, -0.1) is 0 Å². The number of hydrogen-bond donors (Lipinski definition) is 4. The Labute approximate surface area is 331 Å². The highest BCUT2D eigenvalue weighted by atomic mass is 16.3. The Morgan fingerprint density at radius 2 is 1.19 bits per heavy atom. The quantitative estimate of drug-likeness (QED) is 0.113. The van der Waals surface area contributed by atoms with Gasteiger partial charge in [-0.3, -0.25) is 24.5 Å². The molecule has 0 aliphatic heterocycles. The topological polar surface area (TPSA) is 145 Å². The van der Waals surface area contributed by atoms with Crippen LogP contribution in [0, 0.1) is 0 Å². The number of aromatic amines is 2. The van der Waals surface area contributed by atoms with Gasteiger partial charge in [0, 0.05) is 48.5 Å². The van der Waals surface area contributed by atoms with E-state index in [-0.39, 0.29) is 10.9 Å². The van der Waals surface area contributed by atoms with E-state index in [1.165, 1.54) is 11.1 Å². The molecule has 6 aromatic carbocycles. The number of aliphatic hydroxyl groups excluding tert-OH is 1. The molecule has 2 aliphatic rings. The summed E-state index contributed by atoms with van der Waals surface area (Å²) in [6.45, 7) is 0. The summed E-state index contributed by atoms with van der Waals surface area (Å²) in [6.07, 6.45) is 9.06. The molecule has 4 aromatic heterocycles. The largest absolute Gasteiger partial charge is 0.507 e. The van der Waals surface area contributed by atoms with Crippen LogP contribution in [0.15, 0.2) is 180 Å². The first-order chi connectivity index (χ1) is 28.5. The second kappa shape index (κ2) is 15.4. The Kier molecular flexibility index (Phi) is 9.55. The Hall–Kier alpha value is -7.75. The van der Waals surface area contributed by atoms with E-state index < -0.39 is 6.10 Å². The number of aromatic hydroxyl groups is 1. The first-order valence-electron chi connectivity index (χ1n) is 18.8. The third kappa shape index (κ3) is 6.65. The van der Waals surface area contributed by atoms with Gasteiger partial charge in [-0.2, -0.15) is 0 Å². The molecule has 0 saturated heterocycles. The van der Waals surface area contributed by atoms with Gasteiger partial charge in [-0.25, -0.2) is 0 Å². The van der Waals surface area contributed by atoms with Gasteiger partial charge in [0.2, 0.25) is 0 Å². The normalized spacial score (nSPS) is 12.9. The van der Waals surface area contributed by atoms with Crippen LogP contribution in [0.1, 0.15) is 28.5 Å². The first kappa shape index (κ1) is 35.9. The number of aliphatic hydroxyl groups is 1. The highest BCUT2D eigenvalue weighted by Gasteiger charge is 2.27. The second-order valence-corrected chi connectivity index (χ2v) is 13.9. The molecule has 0 amide bonds. The van der Waals surface area contributed by atoms with E-state index >= 15 is 0 Å². The van der Waals surface area contributed by atoms with Crippen molar-refractivity contribution in [1.82, 2.24) is 24.9 Å². The molecule has 10 aromatic rings. The monoisotopic (exact) mass is 757 g/mol. The van der Waals surface area contributed by atoms with E-state index in [1.807, 2.05) is 109 Å². The number of H-pyrrole nitrogens is 2. The van der Waals surface area contributed by atoms with Crippen LogP contribution in [0.4, 0.5) is 0 Å². The van der Waals surface area contributed by atoms with E-state index in [9.17, 15) is 19.8 Å². The zero-order chi connectivity index (χ0) is 39.6. The van der Waals surface area contributed by atoms with Crippen LogP contribution in [0.25, 0.3) is 65.9 Å². The van der Waals surface area contributed by atoms with Crippen LogP contribution >= 0.6 is 0 Å². The highest BCUT2D eigenvalue weighted by Crippen LogP contribution is 2.42. The molecular weight excluding hydrogens is 723 g/mol. The van der Waals surface area contributed by atoms with Gasteiger partial charge in [0.25, 0.3) is 0 Å². The Bertz CT molecular complexity index is 3090. The third-order valence-corrected chi connectivity index (χ3v) is 10.4. The number of aromatic nitrogens is 5. The summed E-state index contributed by atoms with van der Waals surface area (Å²) in [6, 6.07) is 43.8. The molecular formula is C49H35N5O4. The molecule has 0 bridgehead atoms. The van der Waals surface area contributed by atoms with E-state index in [2.05, 4.69) is 31.0 Å². The van der Waals surface area contributed by atoms with Crippen LogP contribution in [0.5, 0.6) is 5.75 Å². The second-order valence-electron chi connectivity index (χ2n) is 13.9. The number of fused-ring (bicyclic) bond motifs is 12. The van der Waals surface area contributed by atoms with Gasteiger partial charge in [0.15, 0.2) is 10.9 Å². The van der Waals surface area contributed by atoms with Gasteiger partial charge < -0.3 is 20.2 Å². The van der Waals surface area contributed by atoms with Crippen molar-refractivity contribution in [2.24, 2.45) is 0 Å². The van der Waals surface area contributed by atoms with Gasteiger partial charge in [-0.05, 0) is 80.9 Å². The lowest BCUT2D eigenvalue weighted by Crippen LogP contribution is -2.00. The average Bonchev–Trinajstić information content (AvgIpc) is 3.80. The van der Waals surface area contributed by atoms with Crippen molar-refractivity contribution in [3.63, 3.8) is 0 Å². The number of benzene rings is 6. The molecule has 9 heteroatoms. The van der Waals surface area contributed by atoms with E-state index in [4.69, 9.17) is 0 Å². The number of hydrogen-bond acceptors (Lipinski definition) is 7. The summed E-state index contributed by atoms with van der Waals surface area (Å²) >= 11 is 0. The zero-order valence-corrected chi connectivity index (χ0v) is 31.0. The van der Waals surface area contributed by atoms with Crippen LogP contribution in [-0.2, 0) is 6.42 Å². The first-order valence-corrected chi connectivity index (χ1v) is 18.8. The van der Waals surface area contributed by atoms with Crippen molar-refractivity contribution in [3.05, 3.63) is 213 Å². The van der Waals surface area contributed by atoms with Gasteiger partial charge in [0.1, 0.15) is 11.9 Å². The van der Waals surface area contributed by atoms with Gasteiger partial charge >= 0.3 is 0 Å². The van der Waals surface area contributed by atoms with Crippen molar-refractivity contribution in [1.29, 1.82) is 0 Å². The molecule has 58 heavy (non-hydrogen) atoms. The summed E-state index contributed by atoms with van der Waals surface area (Å²) in [5, 5.41) is 24.2. The van der Waals surface area contributed by atoms with Gasteiger partial charge in [-0.1, -0.05) is 97.1 Å². The van der Waals surface area contributed by atoms with E-state index in [0.29, 0.717) is 11.1 Å². The smallest absolute Gasteiger partial charge is 0.188 e. The minimum atomic E-state index is -0.553. The molecule has 4 N–H and O–H groups in total. The molecule has 12 rings (SSSR count). The maximum atomic E-state index is 11.8. The summed E-state index contributed by atoms with van der Waals surface area (Å²) < 4.78 is 0. The molecule has 4 heterocycles. The van der Waals surface area contributed by atoms with Crippen LogP contribution < -0.4 is 10.9 Å². The number of rotatable bonds is 0. The SMILES string of the molecule is O=c1cccc2ccc3ccc[nH]c3c12.O=c1cccc2ccc3ncc[nH]c3c12.OC1c2ccccc2-c2cccnc21.Oc1cccc2c1-c1ncccc1C2. The Balaban J connectivity index is 0.000000100. The highest BCUT2D eigenvalue weighted by molar-refractivity contribution is 6.05. The molecule has 0 saturated carbocycles. The fourth-order valence-electron chi connectivity index (χ4n) is 7.78. The predicted molar refractivity (Wildman–Crippen MR) is 230 cm³/mol. The lowest BCUT2D eigenvalue weighted by Gasteiger charge is -2.02. The predicted octanol–water partition coefficient (Wildman–Crippen LogP) is 9.26. The molecule has 1 unspecified atom stereocenters.